The highest BCUT2D eigenvalue weighted by molar-refractivity contribution is 5.14. The molecule has 0 radical (unpaired) electrons. The van der Waals surface area contributed by atoms with Crippen LogP contribution in [0.1, 0.15) is 32.5 Å². The molecular formula is C10H19N3. The molecule has 4 N–H and O–H groups in total. The van der Waals surface area contributed by atoms with Crippen molar-refractivity contribution < 1.29 is 0 Å². The van der Waals surface area contributed by atoms with Gasteiger partial charge in [0.1, 0.15) is 0 Å². The molecule has 0 aliphatic carbocycles. The van der Waals surface area contributed by atoms with Crippen molar-refractivity contribution in [2.75, 3.05) is 6.54 Å². The van der Waals surface area contributed by atoms with Gasteiger partial charge in [0.15, 0.2) is 0 Å². The molecule has 1 rings (SSSR count). The lowest BCUT2D eigenvalue weighted by Gasteiger charge is -2.26. The summed E-state index contributed by atoms with van der Waals surface area (Å²) in [4.78, 5) is 0. The second-order valence-corrected chi connectivity index (χ2v) is 4.32. The molecule has 74 valence electrons. The SMILES string of the molecule is CC(C)(C)n1cccc1[C@@H](N)CN. The molecule has 0 spiro atoms. The summed E-state index contributed by atoms with van der Waals surface area (Å²) >= 11 is 0. The van der Waals surface area contributed by atoms with Crippen molar-refractivity contribution in [2.24, 2.45) is 11.5 Å². The van der Waals surface area contributed by atoms with Gasteiger partial charge in [-0.25, -0.2) is 0 Å². The summed E-state index contributed by atoms with van der Waals surface area (Å²) in [5, 5.41) is 0. The molecule has 0 unspecified atom stereocenters. The lowest BCUT2D eigenvalue weighted by atomic mass is 10.1. The molecule has 0 saturated carbocycles. The van der Waals surface area contributed by atoms with E-state index in [1.165, 1.54) is 0 Å². The Bertz CT molecular complexity index is 270. The van der Waals surface area contributed by atoms with Gasteiger partial charge >= 0.3 is 0 Å². The van der Waals surface area contributed by atoms with E-state index in [-0.39, 0.29) is 11.6 Å². The molecular weight excluding hydrogens is 162 g/mol. The van der Waals surface area contributed by atoms with Crippen LogP contribution in [-0.4, -0.2) is 11.1 Å². The van der Waals surface area contributed by atoms with E-state index in [9.17, 15) is 0 Å². The summed E-state index contributed by atoms with van der Waals surface area (Å²) in [5.74, 6) is 0. The van der Waals surface area contributed by atoms with Gasteiger partial charge in [0.2, 0.25) is 0 Å². The Morgan fingerprint density at radius 3 is 2.54 bits per heavy atom. The third kappa shape index (κ3) is 2.11. The van der Waals surface area contributed by atoms with E-state index in [1.54, 1.807) is 0 Å². The van der Waals surface area contributed by atoms with Gasteiger partial charge in [-0.15, -0.1) is 0 Å². The van der Waals surface area contributed by atoms with E-state index in [2.05, 4.69) is 25.3 Å². The number of hydrogen-bond acceptors (Lipinski definition) is 2. The number of nitrogens with zero attached hydrogens (tertiary/aromatic N) is 1. The van der Waals surface area contributed by atoms with E-state index in [4.69, 9.17) is 11.5 Å². The summed E-state index contributed by atoms with van der Waals surface area (Å²) in [6, 6.07) is 3.98. The quantitative estimate of drug-likeness (QED) is 0.720. The second-order valence-electron chi connectivity index (χ2n) is 4.32. The van der Waals surface area contributed by atoms with E-state index in [1.807, 2.05) is 18.3 Å². The van der Waals surface area contributed by atoms with Gasteiger partial charge < -0.3 is 16.0 Å². The lowest BCUT2D eigenvalue weighted by molar-refractivity contribution is 0.377. The Morgan fingerprint density at radius 1 is 1.46 bits per heavy atom. The van der Waals surface area contributed by atoms with Crippen LogP contribution in [0.4, 0.5) is 0 Å². The summed E-state index contributed by atoms with van der Waals surface area (Å²) < 4.78 is 2.17. The van der Waals surface area contributed by atoms with Gasteiger partial charge in [-0.1, -0.05) is 0 Å². The van der Waals surface area contributed by atoms with Crippen molar-refractivity contribution in [1.82, 2.24) is 4.57 Å². The van der Waals surface area contributed by atoms with Crippen molar-refractivity contribution in [3.8, 4) is 0 Å². The van der Waals surface area contributed by atoms with Crippen molar-refractivity contribution >= 4 is 0 Å². The van der Waals surface area contributed by atoms with Crippen LogP contribution in [0.2, 0.25) is 0 Å². The maximum Gasteiger partial charge on any atom is 0.0574 e. The molecule has 1 aromatic rings. The molecule has 0 aliphatic rings. The summed E-state index contributed by atoms with van der Waals surface area (Å²) in [6.45, 7) is 6.94. The first-order chi connectivity index (χ1) is 5.96. The monoisotopic (exact) mass is 181 g/mol. The van der Waals surface area contributed by atoms with Crippen LogP contribution in [-0.2, 0) is 5.54 Å². The molecule has 0 fully saturated rings. The van der Waals surface area contributed by atoms with Gasteiger partial charge in [0, 0.05) is 24.0 Å². The Kier molecular flexibility index (Phi) is 2.78. The molecule has 1 heterocycles. The van der Waals surface area contributed by atoms with E-state index >= 15 is 0 Å². The van der Waals surface area contributed by atoms with Crippen LogP contribution in [0.25, 0.3) is 0 Å². The maximum atomic E-state index is 5.89. The van der Waals surface area contributed by atoms with Gasteiger partial charge in [-0.05, 0) is 32.9 Å². The van der Waals surface area contributed by atoms with Crippen molar-refractivity contribution in [1.29, 1.82) is 0 Å². The molecule has 0 amide bonds. The highest BCUT2D eigenvalue weighted by Gasteiger charge is 2.18. The first-order valence-electron chi connectivity index (χ1n) is 4.60. The molecule has 0 aliphatic heterocycles. The number of nitrogens with two attached hydrogens (primary N) is 2. The average Bonchev–Trinajstić information content (AvgIpc) is 2.49. The first-order valence-corrected chi connectivity index (χ1v) is 4.60. The predicted molar refractivity (Wildman–Crippen MR) is 55.4 cm³/mol. The molecule has 0 bridgehead atoms. The fourth-order valence-electron chi connectivity index (χ4n) is 1.43. The minimum Gasteiger partial charge on any atom is -0.345 e. The topological polar surface area (TPSA) is 57.0 Å². The van der Waals surface area contributed by atoms with Gasteiger partial charge in [0.05, 0.1) is 6.04 Å². The largest absolute Gasteiger partial charge is 0.345 e. The predicted octanol–water partition coefficient (Wildman–Crippen LogP) is 1.20. The third-order valence-electron chi connectivity index (χ3n) is 2.14. The zero-order chi connectivity index (χ0) is 10.1. The fraction of sp³-hybridized carbons (Fsp3) is 0.600. The molecule has 13 heavy (non-hydrogen) atoms. The van der Waals surface area contributed by atoms with Gasteiger partial charge in [0.25, 0.3) is 0 Å². The van der Waals surface area contributed by atoms with Crippen LogP contribution < -0.4 is 11.5 Å². The summed E-state index contributed by atoms with van der Waals surface area (Å²) in [6.07, 6.45) is 2.05. The Balaban J connectivity index is 3.03. The Morgan fingerprint density at radius 2 is 2.08 bits per heavy atom. The van der Waals surface area contributed by atoms with E-state index in [0.717, 1.165) is 5.69 Å². The first kappa shape index (κ1) is 10.3. The molecule has 1 atom stereocenters. The number of aromatic nitrogens is 1. The molecule has 0 aromatic carbocycles. The maximum absolute atomic E-state index is 5.89. The van der Waals surface area contributed by atoms with Crippen molar-refractivity contribution in [3.63, 3.8) is 0 Å². The molecule has 1 aromatic heterocycles. The zero-order valence-corrected chi connectivity index (χ0v) is 8.62. The van der Waals surface area contributed by atoms with Crippen LogP contribution in [0.3, 0.4) is 0 Å². The lowest BCUT2D eigenvalue weighted by Crippen LogP contribution is -2.29. The average molecular weight is 181 g/mol. The van der Waals surface area contributed by atoms with Crippen molar-refractivity contribution in [3.05, 3.63) is 24.0 Å². The van der Waals surface area contributed by atoms with Gasteiger partial charge in [-0.2, -0.15) is 0 Å². The van der Waals surface area contributed by atoms with E-state index < -0.39 is 0 Å². The standard InChI is InChI=1S/C10H19N3/c1-10(2,3)13-6-4-5-9(13)8(12)7-11/h4-6,8H,7,11-12H2,1-3H3/t8-/m0/s1. The third-order valence-corrected chi connectivity index (χ3v) is 2.14. The number of rotatable bonds is 2. The van der Waals surface area contributed by atoms with Crippen LogP contribution in [0.15, 0.2) is 18.3 Å². The highest BCUT2D eigenvalue weighted by Crippen LogP contribution is 2.20. The molecule has 3 nitrogen and oxygen atoms in total. The number of hydrogen-bond donors (Lipinski definition) is 2. The Labute approximate surface area is 79.7 Å². The summed E-state index contributed by atoms with van der Waals surface area (Å²) in [7, 11) is 0. The highest BCUT2D eigenvalue weighted by atomic mass is 15.1. The smallest absolute Gasteiger partial charge is 0.0574 e. The minimum atomic E-state index is -0.0609. The molecule has 3 heteroatoms. The summed E-state index contributed by atoms with van der Waals surface area (Å²) in [5.41, 5.74) is 12.6. The fourth-order valence-corrected chi connectivity index (χ4v) is 1.43. The normalized spacial score (nSPS) is 14.5. The van der Waals surface area contributed by atoms with Crippen LogP contribution in [0.5, 0.6) is 0 Å². The van der Waals surface area contributed by atoms with Gasteiger partial charge in [-0.3, -0.25) is 0 Å². The van der Waals surface area contributed by atoms with Crippen LogP contribution in [0, 0.1) is 0 Å². The minimum absolute atomic E-state index is 0.0609. The van der Waals surface area contributed by atoms with E-state index in [0.29, 0.717) is 6.54 Å². The molecule has 0 saturated heterocycles. The van der Waals surface area contributed by atoms with Crippen molar-refractivity contribution in [2.45, 2.75) is 32.4 Å². The Hall–Kier alpha value is -0.800. The second kappa shape index (κ2) is 3.52. The zero-order valence-electron chi connectivity index (χ0n) is 8.62. The van der Waals surface area contributed by atoms with Crippen LogP contribution >= 0.6 is 0 Å².